The minimum absolute atomic E-state index is 0.400. The van der Waals surface area contributed by atoms with Gasteiger partial charge in [0.05, 0.1) is 30.0 Å². The quantitative estimate of drug-likeness (QED) is 0.530. The molecule has 0 heterocycles. The minimum Gasteiger partial charge on any atom is -0.494 e. The smallest absolute Gasteiger partial charge is 0.340 e. The molecule has 0 aromatic heterocycles. The molecule has 0 unspecified atom stereocenters. The van der Waals surface area contributed by atoms with E-state index in [9.17, 15) is 4.79 Å². The average Bonchev–Trinajstić information content (AvgIpc) is 2.57. The first-order valence-corrected chi connectivity index (χ1v) is 8.71. The number of aryl methyl sites for hydroxylation is 2. The molecule has 4 nitrogen and oxygen atoms in total. The topological polar surface area (TPSA) is 47.6 Å². The van der Waals surface area contributed by atoms with Crippen LogP contribution in [0.5, 0.6) is 5.75 Å². The van der Waals surface area contributed by atoms with E-state index in [1.54, 1.807) is 18.2 Å². The number of hydrogen-bond acceptors (Lipinski definition) is 4. The van der Waals surface area contributed by atoms with Crippen molar-refractivity contribution in [2.75, 3.05) is 25.6 Å². The lowest BCUT2D eigenvalue weighted by Gasteiger charge is -2.13. The predicted molar refractivity (Wildman–Crippen MR) is 102 cm³/mol. The zero-order valence-corrected chi connectivity index (χ0v) is 15.7. The van der Waals surface area contributed by atoms with E-state index in [2.05, 4.69) is 25.2 Å². The van der Waals surface area contributed by atoms with Crippen LogP contribution < -0.4 is 10.1 Å². The summed E-state index contributed by atoms with van der Waals surface area (Å²) in [5.41, 5.74) is 3.46. The van der Waals surface area contributed by atoms with Crippen molar-refractivity contribution in [1.29, 1.82) is 0 Å². The fourth-order valence-electron chi connectivity index (χ4n) is 2.63. The summed E-state index contributed by atoms with van der Waals surface area (Å²) in [5, 5.41) is 3.73. The van der Waals surface area contributed by atoms with Crippen molar-refractivity contribution in [2.45, 2.75) is 26.7 Å². The molecule has 5 heteroatoms. The summed E-state index contributed by atoms with van der Waals surface area (Å²) in [5.74, 6) is 0.507. The van der Waals surface area contributed by atoms with E-state index in [1.807, 2.05) is 12.1 Å². The average molecular weight is 362 g/mol. The largest absolute Gasteiger partial charge is 0.494 e. The van der Waals surface area contributed by atoms with Gasteiger partial charge in [0.2, 0.25) is 0 Å². The highest BCUT2D eigenvalue weighted by molar-refractivity contribution is 6.34. The van der Waals surface area contributed by atoms with Crippen LogP contribution in [-0.2, 0) is 4.74 Å². The normalized spacial score (nSPS) is 10.4. The van der Waals surface area contributed by atoms with Crippen LogP contribution in [0.2, 0.25) is 5.02 Å². The van der Waals surface area contributed by atoms with Crippen LogP contribution in [0.1, 0.15) is 34.3 Å². The van der Waals surface area contributed by atoms with Crippen molar-refractivity contribution in [3.8, 4) is 5.75 Å². The van der Waals surface area contributed by atoms with Gasteiger partial charge in [-0.25, -0.2) is 4.79 Å². The molecule has 2 aromatic carbocycles. The van der Waals surface area contributed by atoms with Crippen LogP contribution in [0.4, 0.5) is 5.69 Å². The van der Waals surface area contributed by atoms with Crippen LogP contribution in [0.15, 0.2) is 36.4 Å². The molecular weight excluding hydrogens is 338 g/mol. The number of hydrogen-bond donors (Lipinski definition) is 1. The third-order valence-electron chi connectivity index (χ3n) is 3.76. The summed E-state index contributed by atoms with van der Waals surface area (Å²) >= 11 is 6.19. The molecule has 0 bridgehead atoms. The Kier molecular flexibility index (Phi) is 7.14. The summed E-state index contributed by atoms with van der Waals surface area (Å²) < 4.78 is 10.6. The Morgan fingerprint density at radius 3 is 2.52 bits per heavy atom. The Morgan fingerprint density at radius 2 is 1.84 bits per heavy atom. The summed E-state index contributed by atoms with van der Waals surface area (Å²) in [6, 6.07) is 11.4. The Labute approximate surface area is 154 Å². The molecule has 1 N–H and O–H groups in total. The van der Waals surface area contributed by atoms with Crippen LogP contribution in [0.25, 0.3) is 0 Å². The van der Waals surface area contributed by atoms with Crippen LogP contribution >= 0.6 is 11.6 Å². The zero-order chi connectivity index (χ0) is 18.2. The van der Waals surface area contributed by atoms with Gasteiger partial charge in [0, 0.05) is 6.54 Å². The maximum Gasteiger partial charge on any atom is 0.340 e. The second-order valence-electron chi connectivity index (χ2n) is 5.96. The Balaban J connectivity index is 1.79. The number of carbonyl (C=O) groups excluding carboxylic acids is 1. The molecule has 0 aliphatic heterocycles. The lowest BCUT2D eigenvalue weighted by atomic mass is 10.1. The summed E-state index contributed by atoms with van der Waals surface area (Å²) in [7, 11) is 1.36. The number of halogens is 1. The van der Waals surface area contributed by atoms with E-state index in [0.29, 0.717) is 29.4 Å². The lowest BCUT2D eigenvalue weighted by Crippen LogP contribution is -2.10. The van der Waals surface area contributed by atoms with Crippen molar-refractivity contribution >= 4 is 23.3 Å². The number of benzene rings is 2. The monoisotopic (exact) mass is 361 g/mol. The summed E-state index contributed by atoms with van der Waals surface area (Å²) in [6.07, 6.45) is 1.80. The molecule has 0 fully saturated rings. The Morgan fingerprint density at radius 1 is 1.12 bits per heavy atom. The first-order chi connectivity index (χ1) is 12.0. The predicted octanol–water partition coefficient (Wildman–Crippen LogP) is 5.01. The first-order valence-electron chi connectivity index (χ1n) is 8.33. The van der Waals surface area contributed by atoms with Crippen molar-refractivity contribution in [1.82, 2.24) is 0 Å². The second-order valence-corrected chi connectivity index (χ2v) is 6.37. The standard InChI is InChI=1S/C20H24ClNO3/c1-14-11-15(2)13-16(12-14)25-10-5-4-9-22-19-17(20(23)24-3)7-6-8-18(19)21/h6-8,11-13,22H,4-5,9-10H2,1-3H3. The summed E-state index contributed by atoms with van der Waals surface area (Å²) in [4.78, 5) is 11.8. The van der Waals surface area contributed by atoms with Gasteiger partial charge in [-0.3, -0.25) is 0 Å². The number of esters is 1. The van der Waals surface area contributed by atoms with Crippen molar-refractivity contribution in [3.63, 3.8) is 0 Å². The Bertz CT molecular complexity index is 711. The van der Waals surface area contributed by atoms with Gasteiger partial charge < -0.3 is 14.8 Å². The highest BCUT2D eigenvalue weighted by Crippen LogP contribution is 2.26. The molecule has 0 amide bonds. The summed E-state index contributed by atoms with van der Waals surface area (Å²) in [6.45, 7) is 5.47. The van der Waals surface area contributed by atoms with Gasteiger partial charge in [0.1, 0.15) is 5.75 Å². The van der Waals surface area contributed by atoms with E-state index >= 15 is 0 Å². The molecular formula is C20H24ClNO3. The molecule has 0 radical (unpaired) electrons. The number of para-hydroxylation sites is 1. The molecule has 25 heavy (non-hydrogen) atoms. The van der Waals surface area contributed by atoms with Gasteiger partial charge in [0.15, 0.2) is 0 Å². The van der Waals surface area contributed by atoms with Gasteiger partial charge in [-0.1, -0.05) is 23.7 Å². The third-order valence-corrected chi connectivity index (χ3v) is 4.07. The highest BCUT2D eigenvalue weighted by Gasteiger charge is 2.13. The number of unbranched alkanes of at least 4 members (excludes halogenated alkanes) is 1. The van der Waals surface area contributed by atoms with Gasteiger partial charge in [-0.15, -0.1) is 0 Å². The lowest BCUT2D eigenvalue weighted by molar-refractivity contribution is 0.0602. The molecule has 0 atom stereocenters. The first kappa shape index (κ1) is 19.1. The number of carbonyl (C=O) groups is 1. The van der Waals surface area contributed by atoms with Gasteiger partial charge in [-0.2, -0.15) is 0 Å². The fraction of sp³-hybridized carbons (Fsp3) is 0.350. The maximum atomic E-state index is 11.8. The van der Waals surface area contributed by atoms with E-state index in [0.717, 1.165) is 18.6 Å². The van der Waals surface area contributed by atoms with E-state index in [-0.39, 0.29) is 0 Å². The molecule has 0 aliphatic rings. The molecule has 0 aliphatic carbocycles. The van der Waals surface area contributed by atoms with Crippen LogP contribution in [0, 0.1) is 13.8 Å². The Hall–Kier alpha value is -2.20. The SMILES string of the molecule is COC(=O)c1cccc(Cl)c1NCCCCOc1cc(C)cc(C)c1. The van der Waals surface area contributed by atoms with E-state index < -0.39 is 5.97 Å². The molecule has 2 aromatic rings. The number of anilines is 1. The van der Waals surface area contributed by atoms with E-state index in [4.69, 9.17) is 21.1 Å². The van der Waals surface area contributed by atoms with Crippen molar-refractivity contribution in [2.24, 2.45) is 0 Å². The number of methoxy groups -OCH3 is 1. The van der Waals surface area contributed by atoms with E-state index in [1.165, 1.54) is 18.2 Å². The number of nitrogens with one attached hydrogen (secondary N) is 1. The fourth-order valence-corrected chi connectivity index (χ4v) is 2.87. The highest BCUT2D eigenvalue weighted by atomic mass is 35.5. The minimum atomic E-state index is -0.400. The maximum absolute atomic E-state index is 11.8. The van der Waals surface area contributed by atoms with Gasteiger partial charge in [0.25, 0.3) is 0 Å². The molecule has 134 valence electrons. The van der Waals surface area contributed by atoms with Crippen molar-refractivity contribution in [3.05, 3.63) is 58.1 Å². The number of ether oxygens (including phenoxy) is 2. The second kappa shape index (κ2) is 9.33. The zero-order valence-electron chi connectivity index (χ0n) is 14.9. The van der Waals surface area contributed by atoms with Gasteiger partial charge in [-0.05, 0) is 62.1 Å². The molecule has 2 rings (SSSR count). The molecule has 0 saturated carbocycles. The molecule has 0 spiro atoms. The number of rotatable bonds is 8. The molecule has 0 saturated heterocycles. The van der Waals surface area contributed by atoms with Crippen molar-refractivity contribution < 1.29 is 14.3 Å². The van der Waals surface area contributed by atoms with Crippen LogP contribution in [0.3, 0.4) is 0 Å². The third kappa shape index (κ3) is 5.68. The van der Waals surface area contributed by atoms with Gasteiger partial charge >= 0.3 is 5.97 Å². The van der Waals surface area contributed by atoms with Crippen LogP contribution in [-0.4, -0.2) is 26.2 Å².